The Hall–Kier alpha value is -1.59. The van der Waals surface area contributed by atoms with Crippen molar-refractivity contribution in [3.05, 3.63) is 11.6 Å². The van der Waals surface area contributed by atoms with Crippen LogP contribution in [0.1, 0.15) is 64.0 Å². The Morgan fingerprint density at radius 2 is 2.22 bits per heavy atom. The average Bonchev–Trinajstić information content (AvgIpc) is 3.10. The van der Waals surface area contributed by atoms with E-state index in [1.54, 1.807) is 0 Å². The van der Waals surface area contributed by atoms with E-state index in [4.69, 9.17) is 0 Å². The molecule has 6 nitrogen and oxygen atoms in total. The van der Waals surface area contributed by atoms with E-state index < -0.39 is 0 Å². The molecule has 1 aliphatic carbocycles. The third kappa shape index (κ3) is 3.85. The van der Waals surface area contributed by atoms with Gasteiger partial charge in [-0.25, -0.2) is 9.67 Å². The molecule has 0 amide bonds. The summed E-state index contributed by atoms with van der Waals surface area (Å²) < 4.78 is 2.07. The SMILES string of the molecule is CCCC1CC1NC(=NC)NC1CCc2nc(C(C)C)nn2C1. The van der Waals surface area contributed by atoms with Crippen molar-refractivity contribution in [1.82, 2.24) is 25.4 Å². The highest BCUT2D eigenvalue weighted by atomic mass is 15.4. The lowest BCUT2D eigenvalue weighted by atomic mass is 10.1. The fourth-order valence-corrected chi connectivity index (χ4v) is 3.34. The molecular weight excluding hydrogens is 288 g/mol. The number of aryl methyl sites for hydroxylation is 1. The lowest BCUT2D eigenvalue weighted by Crippen LogP contribution is -2.47. The molecular formula is C17H30N6. The van der Waals surface area contributed by atoms with Crippen molar-refractivity contribution in [2.45, 2.75) is 77.4 Å². The average molecular weight is 318 g/mol. The van der Waals surface area contributed by atoms with Crippen LogP contribution in [0.3, 0.4) is 0 Å². The molecule has 0 aromatic carbocycles. The summed E-state index contributed by atoms with van der Waals surface area (Å²) in [6, 6.07) is 0.984. The summed E-state index contributed by atoms with van der Waals surface area (Å²) in [6.45, 7) is 7.42. The van der Waals surface area contributed by atoms with Crippen LogP contribution in [0.15, 0.2) is 4.99 Å². The molecule has 1 saturated carbocycles. The van der Waals surface area contributed by atoms with Crippen LogP contribution in [0.2, 0.25) is 0 Å². The number of hydrogen-bond acceptors (Lipinski definition) is 3. The van der Waals surface area contributed by atoms with Gasteiger partial charge in [0.2, 0.25) is 0 Å². The molecule has 3 unspecified atom stereocenters. The first kappa shape index (κ1) is 16.3. The number of aliphatic imine (C=N–C) groups is 1. The summed E-state index contributed by atoms with van der Waals surface area (Å²) in [5.41, 5.74) is 0. The third-order valence-electron chi connectivity index (χ3n) is 4.86. The molecule has 1 aromatic heterocycles. The number of aromatic nitrogens is 3. The monoisotopic (exact) mass is 318 g/mol. The smallest absolute Gasteiger partial charge is 0.191 e. The largest absolute Gasteiger partial charge is 0.353 e. The van der Waals surface area contributed by atoms with Crippen molar-refractivity contribution in [3.8, 4) is 0 Å². The second-order valence-corrected chi connectivity index (χ2v) is 7.21. The minimum Gasteiger partial charge on any atom is -0.353 e. The molecule has 0 saturated heterocycles. The Morgan fingerprint density at radius 3 is 2.91 bits per heavy atom. The third-order valence-corrected chi connectivity index (χ3v) is 4.86. The molecule has 0 bridgehead atoms. The van der Waals surface area contributed by atoms with Crippen molar-refractivity contribution in [2.24, 2.45) is 10.9 Å². The number of rotatable bonds is 5. The molecule has 128 valence electrons. The Kier molecular flexibility index (Phi) is 4.87. The van der Waals surface area contributed by atoms with Crippen molar-refractivity contribution in [3.63, 3.8) is 0 Å². The Morgan fingerprint density at radius 1 is 1.39 bits per heavy atom. The minimum absolute atomic E-state index is 0.374. The summed E-state index contributed by atoms with van der Waals surface area (Å²) in [6.07, 6.45) is 5.93. The first-order chi connectivity index (χ1) is 11.1. The Labute approximate surface area is 139 Å². The molecule has 1 fully saturated rings. The molecule has 1 aliphatic heterocycles. The van der Waals surface area contributed by atoms with Gasteiger partial charge in [-0.3, -0.25) is 4.99 Å². The van der Waals surface area contributed by atoms with Gasteiger partial charge in [-0.1, -0.05) is 27.2 Å². The molecule has 23 heavy (non-hydrogen) atoms. The summed E-state index contributed by atoms with van der Waals surface area (Å²) in [5, 5.41) is 11.8. The van der Waals surface area contributed by atoms with Crippen molar-refractivity contribution in [2.75, 3.05) is 7.05 Å². The van der Waals surface area contributed by atoms with Crippen LogP contribution >= 0.6 is 0 Å². The maximum Gasteiger partial charge on any atom is 0.191 e. The van der Waals surface area contributed by atoms with Gasteiger partial charge in [-0.2, -0.15) is 5.10 Å². The maximum absolute atomic E-state index is 4.65. The molecule has 0 spiro atoms. The second-order valence-electron chi connectivity index (χ2n) is 7.21. The van der Waals surface area contributed by atoms with Gasteiger partial charge < -0.3 is 10.6 Å². The standard InChI is InChI=1S/C17H30N6/c1-5-6-12-9-14(12)20-17(18-4)19-13-7-8-15-21-16(11(2)3)22-23(15)10-13/h11-14H,5-10H2,1-4H3,(H2,18,19,20). The van der Waals surface area contributed by atoms with Crippen LogP contribution in [-0.2, 0) is 13.0 Å². The predicted molar refractivity (Wildman–Crippen MR) is 92.7 cm³/mol. The van der Waals surface area contributed by atoms with Gasteiger partial charge in [0, 0.05) is 31.5 Å². The van der Waals surface area contributed by atoms with Crippen LogP contribution in [0, 0.1) is 5.92 Å². The summed E-state index contributed by atoms with van der Waals surface area (Å²) in [5.74, 6) is 4.24. The van der Waals surface area contributed by atoms with Gasteiger partial charge in [0.15, 0.2) is 11.8 Å². The molecule has 3 rings (SSSR count). The van der Waals surface area contributed by atoms with E-state index in [1.807, 2.05) is 7.05 Å². The zero-order valence-corrected chi connectivity index (χ0v) is 14.8. The fourth-order valence-electron chi connectivity index (χ4n) is 3.34. The number of nitrogens with zero attached hydrogens (tertiary/aromatic N) is 4. The highest BCUT2D eigenvalue weighted by Gasteiger charge is 2.37. The predicted octanol–water partition coefficient (Wildman–Crippen LogP) is 2.07. The quantitative estimate of drug-likeness (QED) is 0.644. The van der Waals surface area contributed by atoms with E-state index in [-0.39, 0.29) is 0 Å². The zero-order chi connectivity index (χ0) is 16.4. The van der Waals surface area contributed by atoms with E-state index in [1.165, 1.54) is 19.3 Å². The molecule has 3 atom stereocenters. The van der Waals surface area contributed by atoms with Crippen molar-refractivity contribution in [1.29, 1.82) is 0 Å². The number of nitrogens with one attached hydrogen (secondary N) is 2. The topological polar surface area (TPSA) is 67.1 Å². The second kappa shape index (κ2) is 6.89. The highest BCUT2D eigenvalue weighted by Crippen LogP contribution is 2.34. The van der Waals surface area contributed by atoms with E-state index >= 15 is 0 Å². The van der Waals surface area contributed by atoms with Crippen LogP contribution < -0.4 is 10.6 Å². The summed E-state index contributed by atoms with van der Waals surface area (Å²) in [7, 11) is 1.85. The number of fused-ring (bicyclic) bond motifs is 1. The van der Waals surface area contributed by atoms with Crippen LogP contribution in [-0.4, -0.2) is 39.9 Å². The van der Waals surface area contributed by atoms with Crippen LogP contribution in [0.25, 0.3) is 0 Å². The van der Waals surface area contributed by atoms with Gasteiger partial charge in [-0.15, -0.1) is 0 Å². The van der Waals surface area contributed by atoms with E-state index in [0.717, 1.165) is 42.9 Å². The zero-order valence-electron chi connectivity index (χ0n) is 14.8. The van der Waals surface area contributed by atoms with Gasteiger partial charge in [0.1, 0.15) is 5.82 Å². The summed E-state index contributed by atoms with van der Waals surface area (Å²) in [4.78, 5) is 9.05. The maximum atomic E-state index is 4.65. The molecule has 2 heterocycles. The number of hydrogen-bond donors (Lipinski definition) is 2. The van der Waals surface area contributed by atoms with Gasteiger partial charge in [0.25, 0.3) is 0 Å². The van der Waals surface area contributed by atoms with E-state index in [2.05, 4.69) is 51.2 Å². The van der Waals surface area contributed by atoms with Gasteiger partial charge in [-0.05, 0) is 25.2 Å². The van der Waals surface area contributed by atoms with E-state index in [9.17, 15) is 0 Å². The Bertz CT molecular complexity index is 561. The highest BCUT2D eigenvalue weighted by molar-refractivity contribution is 5.80. The fraction of sp³-hybridized carbons (Fsp3) is 0.824. The van der Waals surface area contributed by atoms with Crippen LogP contribution in [0.4, 0.5) is 0 Å². The normalized spacial score (nSPS) is 27.0. The van der Waals surface area contributed by atoms with Gasteiger partial charge in [0.05, 0.1) is 6.54 Å². The lowest BCUT2D eigenvalue weighted by Gasteiger charge is -2.25. The van der Waals surface area contributed by atoms with Crippen LogP contribution in [0.5, 0.6) is 0 Å². The molecule has 0 radical (unpaired) electrons. The molecule has 6 heteroatoms. The van der Waals surface area contributed by atoms with Gasteiger partial charge >= 0.3 is 0 Å². The molecule has 2 aliphatic rings. The molecule has 2 N–H and O–H groups in total. The van der Waals surface area contributed by atoms with Crippen molar-refractivity contribution < 1.29 is 0 Å². The minimum atomic E-state index is 0.374. The van der Waals surface area contributed by atoms with Crippen molar-refractivity contribution >= 4 is 5.96 Å². The van der Waals surface area contributed by atoms with E-state index in [0.29, 0.717) is 18.0 Å². The lowest BCUT2D eigenvalue weighted by molar-refractivity contribution is 0.391. The molecule has 1 aromatic rings. The Balaban J connectivity index is 1.54. The summed E-state index contributed by atoms with van der Waals surface area (Å²) >= 11 is 0. The first-order valence-corrected chi connectivity index (χ1v) is 9.04. The first-order valence-electron chi connectivity index (χ1n) is 9.04. The number of guanidine groups is 1.